The van der Waals surface area contributed by atoms with Gasteiger partial charge < -0.3 is 15.2 Å². The van der Waals surface area contributed by atoms with Crippen LogP contribution in [0.3, 0.4) is 0 Å². The molecule has 0 atom stereocenters. The molecule has 2 N–H and O–H groups in total. The SMILES string of the molecule is COc1cc(C)c(C)cc1CCNC(=O)O. The third kappa shape index (κ3) is 3.15. The van der Waals surface area contributed by atoms with Gasteiger partial charge in [0.15, 0.2) is 0 Å². The molecule has 0 unspecified atom stereocenters. The molecule has 0 aliphatic rings. The Labute approximate surface area is 95.2 Å². The van der Waals surface area contributed by atoms with Crippen LogP contribution in [0.15, 0.2) is 12.1 Å². The van der Waals surface area contributed by atoms with Crippen molar-refractivity contribution < 1.29 is 14.6 Å². The monoisotopic (exact) mass is 223 g/mol. The fourth-order valence-corrected chi connectivity index (χ4v) is 1.54. The highest BCUT2D eigenvalue weighted by Gasteiger charge is 2.06. The van der Waals surface area contributed by atoms with Gasteiger partial charge in [-0.25, -0.2) is 4.79 Å². The zero-order valence-electron chi connectivity index (χ0n) is 9.83. The van der Waals surface area contributed by atoms with Crippen LogP contribution >= 0.6 is 0 Å². The summed E-state index contributed by atoms with van der Waals surface area (Å²) in [6, 6.07) is 4.02. The molecule has 4 heteroatoms. The first kappa shape index (κ1) is 12.4. The Balaban J connectivity index is 2.77. The molecule has 0 aliphatic carbocycles. The van der Waals surface area contributed by atoms with E-state index in [4.69, 9.17) is 9.84 Å². The molecule has 88 valence electrons. The number of carbonyl (C=O) groups is 1. The molecule has 4 nitrogen and oxygen atoms in total. The molecule has 1 aromatic carbocycles. The van der Waals surface area contributed by atoms with Gasteiger partial charge in [-0.05, 0) is 43.0 Å². The van der Waals surface area contributed by atoms with Crippen LogP contribution in [-0.2, 0) is 6.42 Å². The maximum absolute atomic E-state index is 10.3. The molecule has 0 saturated carbocycles. The van der Waals surface area contributed by atoms with Crippen molar-refractivity contribution in [3.8, 4) is 5.75 Å². The van der Waals surface area contributed by atoms with E-state index < -0.39 is 6.09 Å². The van der Waals surface area contributed by atoms with Crippen molar-refractivity contribution in [2.45, 2.75) is 20.3 Å². The number of hydrogen-bond donors (Lipinski definition) is 2. The Morgan fingerprint density at radius 1 is 1.38 bits per heavy atom. The minimum Gasteiger partial charge on any atom is -0.496 e. The van der Waals surface area contributed by atoms with Gasteiger partial charge in [-0.2, -0.15) is 0 Å². The van der Waals surface area contributed by atoms with Crippen molar-refractivity contribution in [1.29, 1.82) is 0 Å². The number of hydrogen-bond acceptors (Lipinski definition) is 2. The summed E-state index contributed by atoms with van der Waals surface area (Å²) in [5, 5.41) is 10.8. The smallest absolute Gasteiger partial charge is 0.404 e. The Morgan fingerprint density at radius 3 is 2.56 bits per heavy atom. The van der Waals surface area contributed by atoms with Gasteiger partial charge in [-0.15, -0.1) is 0 Å². The second-order valence-electron chi connectivity index (χ2n) is 3.73. The predicted molar refractivity (Wildman–Crippen MR) is 62.2 cm³/mol. The third-order valence-corrected chi connectivity index (χ3v) is 2.57. The maximum atomic E-state index is 10.3. The third-order valence-electron chi connectivity index (χ3n) is 2.57. The normalized spacial score (nSPS) is 9.94. The van der Waals surface area contributed by atoms with E-state index in [-0.39, 0.29) is 0 Å². The number of carboxylic acid groups (broad SMARTS) is 1. The largest absolute Gasteiger partial charge is 0.496 e. The molecule has 0 aromatic heterocycles. The summed E-state index contributed by atoms with van der Waals surface area (Å²) in [6.45, 7) is 4.45. The number of ether oxygens (including phenoxy) is 1. The standard InChI is InChI=1S/C12H17NO3/c1-8-6-10(4-5-13-12(14)15)11(16-3)7-9(8)2/h6-7,13H,4-5H2,1-3H3,(H,14,15). The molecular formula is C12H17NO3. The van der Waals surface area contributed by atoms with Crippen molar-refractivity contribution in [1.82, 2.24) is 5.32 Å². The summed E-state index contributed by atoms with van der Waals surface area (Å²) in [6.07, 6.45) is -0.362. The lowest BCUT2D eigenvalue weighted by Crippen LogP contribution is -2.23. The van der Waals surface area contributed by atoms with Gasteiger partial charge in [0.25, 0.3) is 0 Å². The highest BCUT2D eigenvalue weighted by atomic mass is 16.5. The van der Waals surface area contributed by atoms with E-state index in [1.165, 1.54) is 11.1 Å². The van der Waals surface area contributed by atoms with E-state index >= 15 is 0 Å². The van der Waals surface area contributed by atoms with Crippen LogP contribution in [0.2, 0.25) is 0 Å². The first-order valence-electron chi connectivity index (χ1n) is 5.15. The van der Waals surface area contributed by atoms with Crippen molar-refractivity contribution in [3.63, 3.8) is 0 Å². The van der Waals surface area contributed by atoms with E-state index in [2.05, 4.69) is 5.32 Å². The zero-order chi connectivity index (χ0) is 12.1. The number of nitrogens with one attached hydrogen (secondary N) is 1. The van der Waals surface area contributed by atoms with Crippen molar-refractivity contribution in [3.05, 3.63) is 28.8 Å². The summed E-state index contributed by atoms with van der Waals surface area (Å²) in [5.74, 6) is 0.815. The summed E-state index contributed by atoms with van der Waals surface area (Å²) < 4.78 is 5.26. The quantitative estimate of drug-likeness (QED) is 0.822. The average molecular weight is 223 g/mol. The molecule has 0 heterocycles. The lowest BCUT2D eigenvalue weighted by molar-refractivity contribution is 0.194. The molecule has 0 saturated heterocycles. The molecule has 1 aromatic rings. The number of aryl methyl sites for hydroxylation is 2. The fraction of sp³-hybridized carbons (Fsp3) is 0.417. The zero-order valence-corrected chi connectivity index (χ0v) is 9.83. The topological polar surface area (TPSA) is 58.6 Å². The second kappa shape index (κ2) is 5.39. The van der Waals surface area contributed by atoms with Gasteiger partial charge >= 0.3 is 6.09 Å². The lowest BCUT2D eigenvalue weighted by Gasteiger charge is -2.11. The molecule has 0 spiro atoms. The highest BCUT2D eigenvalue weighted by molar-refractivity contribution is 5.64. The Morgan fingerprint density at radius 2 is 2.00 bits per heavy atom. The molecule has 16 heavy (non-hydrogen) atoms. The summed E-state index contributed by atoms with van der Waals surface area (Å²) in [4.78, 5) is 10.3. The van der Waals surface area contributed by atoms with Crippen LogP contribution < -0.4 is 10.1 Å². The molecule has 1 rings (SSSR count). The van der Waals surface area contributed by atoms with Crippen LogP contribution in [0, 0.1) is 13.8 Å². The van der Waals surface area contributed by atoms with Gasteiger partial charge in [-0.3, -0.25) is 0 Å². The van der Waals surface area contributed by atoms with Crippen LogP contribution in [-0.4, -0.2) is 24.9 Å². The highest BCUT2D eigenvalue weighted by Crippen LogP contribution is 2.23. The minimum absolute atomic E-state index is 0.397. The van der Waals surface area contributed by atoms with Crippen LogP contribution in [0.4, 0.5) is 4.79 Å². The molecule has 0 aliphatic heterocycles. The maximum Gasteiger partial charge on any atom is 0.404 e. The van der Waals surface area contributed by atoms with E-state index in [0.717, 1.165) is 11.3 Å². The van der Waals surface area contributed by atoms with E-state index in [1.807, 2.05) is 26.0 Å². The van der Waals surface area contributed by atoms with Gasteiger partial charge in [0.05, 0.1) is 7.11 Å². The van der Waals surface area contributed by atoms with Crippen molar-refractivity contribution in [2.24, 2.45) is 0 Å². The van der Waals surface area contributed by atoms with E-state index in [1.54, 1.807) is 7.11 Å². The molecule has 0 fully saturated rings. The lowest BCUT2D eigenvalue weighted by atomic mass is 10.0. The summed E-state index contributed by atoms with van der Waals surface area (Å²) in [5.41, 5.74) is 3.39. The molecule has 0 radical (unpaired) electrons. The van der Waals surface area contributed by atoms with Gasteiger partial charge in [-0.1, -0.05) is 6.07 Å². The van der Waals surface area contributed by atoms with Crippen molar-refractivity contribution >= 4 is 6.09 Å². The minimum atomic E-state index is -0.997. The Kier molecular flexibility index (Phi) is 4.17. The van der Waals surface area contributed by atoms with Crippen molar-refractivity contribution in [2.75, 3.05) is 13.7 Å². The first-order chi connectivity index (χ1) is 7.54. The van der Waals surface area contributed by atoms with Crippen LogP contribution in [0.5, 0.6) is 5.75 Å². The number of methoxy groups -OCH3 is 1. The van der Waals surface area contributed by atoms with E-state index in [9.17, 15) is 4.79 Å². The Hall–Kier alpha value is -1.71. The average Bonchev–Trinajstić information content (AvgIpc) is 2.22. The van der Waals surface area contributed by atoms with Gasteiger partial charge in [0, 0.05) is 6.54 Å². The summed E-state index contributed by atoms with van der Waals surface area (Å²) >= 11 is 0. The fourth-order valence-electron chi connectivity index (χ4n) is 1.54. The summed E-state index contributed by atoms with van der Waals surface area (Å²) in [7, 11) is 1.62. The number of amides is 1. The molecule has 0 bridgehead atoms. The second-order valence-corrected chi connectivity index (χ2v) is 3.73. The van der Waals surface area contributed by atoms with Crippen LogP contribution in [0.1, 0.15) is 16.7 Å². The first-order valence-corrected chi connectivity index (χ1v) is 5.15. The van der Waals surface area contributed by atoms with Gasteiger partial charge in [0.2, 0.25) is 0 Å². The number of rotatable bonds is 4. The molecular weight excluding hydrogens is 206 g/mol. The molecule has 1 amide bonds. The predicted octanol–water partition coefficient (Wildman–Crippen LogP) is 2.12. The van der Waals surface area contributed by atoms with Gasteiger partial charge in [0.1, 0.15) is 5.75 Å². The van der Waals surface area contributed by atoms with E-state index in [0.29, 0.717) is 13.0 Å². The number of benzene rings is 1. The Bertz CT molecular complexity index is 388. The van der Waals surface area contributed by atoms with Crippen LogP contribution in [0.25, 0.3) is 0 Å².